The minimum absolute atomic E-state index is 0.168. The molecule has 4 aromatic rings. The van der Waals surface area contributed by atoms with Crippen LogP contribution >= 0.6 is 0 Å². The van der Waals surface area contributed by atoms with Crippen molar-refractivity contribution in [3.63, 3.8) is 0 Å². The third-order valence-electron chi connectivity index (χ3n) is 11.3. The van der Waals surface area contributed by atoms with Crippen LogP contribution in [0, 0.1) is 11.3 Å². The lowest BCUT2D eigenvalue weighted by Gasteiger charge is -2.43. The van der Waals surface area contributed by atoms with Crippen LogP contribution < -0.4 is 19.1 Å². The second-order valence-corrected chi connectivity index (χ2v) is 14.0. The fraction of sp³-hybridized carbons (Fsp3) is 0.300. The molecule has 4 unspecified atom stereocenters. The van der Waals surface area contributed by atoms with Gasteiger partial charge in [-0.15, -0.1) is 0 Å². The zero-order chi connectivity index (χ0) is 33.4. The Kier molecular flexibility index (Phi) is 5.74. The molecule has 1 saturated carbocycles. The Balaban J connectivity index is 1.33. The van der Waals surface area contributed by atoms with E-state index >= 15 is 0 Å². The van der Waals surface area contributed by atoms with Crippen LogP contribution in [0.25, 0.3) is 28.0 Å². The van der Waals surface area contributed by atoms with E-state index in [-0.39, 0.29) is 11.7 Å². The van der Waals surface area contributed by atoms with E-state index in [1.165, 1.54) is 17.5 Å². The highest BCUT2D eigenvalue weighted by Gasteiger charge is 2.67. The van der Waals surface area contributed by atoms with Gasteiger partial charge in [-0.1, -0.05) is 62.4 Å². The van der Waals surface area contributed by atoms with Gasteiger partial charge in [0, 0.05) is 34.4 Å². The number of benzene rings is 4. The third-order valence-corrected chi connectivity index (χ3v) is 11.3. The van der Waals surface area contributed by atoms with Crippen LogP contribution in [0.4, 0.5) is 18.9 Å². The Labute approximate surface area is 276 Å². The molecule has 0 spiro atoms. The lowest BCUT2D eigenvalue weighted by Crippen LogP contribution is -2.44. The molecule has 0 aromatic heterocycles. The van der Waals surface area contributed by atoms with E-state index in [1.807, 2.05) is 48.5 Å². The maximum atomic E-state index is 14.1. The summed E-state index contributed by atoms with van der Waals surface area (Å²) >= 11 is 0. The van der Waals surface area contributed by atoms with Gasteiger partial charge in [-0.05, 0) is 82.5 Å². The average molecular weight is 650 g/mol. The number of methoxy groups -OCH3 is 2. The van der Waals surface area contributed by atoms with Crippen molar-refractivity contribution in [3.05, 3.63) is 113 Å². The number of alkyl halides is 3. The monoisotopic (exact) mass is 649 g/mol. The summed E-state index contributed by atoms with van der Waals surface area (Å²) in [4.78, 5) is 1.18. The first-order chi connectivity index (χ1) is 22.9. The van der Waals surface area contributed by atoms with Crippen molar-refractivity contribution >= 4 is 22.5 Å². The summed E-state index contributed by atoms with van der Waals surface area (Å²) in [5.41, 5.74) is 4.93. The molecule has 0 saturated heterocycles. The molecule has 8 heteroatoms. The Morgan fingerprint density at radius 2 is 1.69 bits per heavy atom. The maximum Gasteiger partial charge on any atom is 0.445 e. The van der Waals surface area contributed by atoms with E-state index in [9.17, 15) is 13.2 Å². The highest BCUT2D eigenvalue weighted by Crippen LogP contribution is 2.70. The van der Waals surface area contributed by atoms with Crippen LogP contribution in [-0.2, 0) is 15.8 Å². The smallest absolute Gasteiger partial charge is 0.445 e. The highest BCUT2D eigenvalue weighted by atomic mass is 19.4. The van der Waals surface area contributed by atoms with Crippen LogP contribution in [0.3, 0.4) is 0 Å². The number of halogens is 3. The number of rotatable bonds is 4. The van der Waals surface area contributed by atoms with Gasteiger partial charge in [-0.25, -0.2) is 0 Å². The van der Waals surface area contributed by atoms with Gasteiger partial charge >= 0.3 is 6.18 Å². The molecule has 1 fully saturated rings. The van der Waals surface area contributed by atoms with E-state index in [0.717, 1.165) is 56.5 Å². The lowest BCUT2D eigenvalue weighted by atomic mass is 9.72. The fourth-order valence-corrected chi connectivity index (χ4v) is 8.84. The van der Waals surface area contributed by atoms with Crippen molar-refractivity contribution in [2.24, 2.45) is 11.3 Å². The zero-order valence-corrected chi connectivity index (χ0v) is 27.2. The summed E-state index contributed by atoms with van der Waals surface area (Å²) in [5.74, 6) is 2.54. The minimum Gasteiger partial charge on any atom is -0.497 e. The van der Waals surface area contributed by atoms with Gasteiger partial charge in [0.2, 0.25) is 0 Å². The Morgan fingerprint density at radius 1 is 0.917 bits per heavy atom. The zero-order valence-electron chi connectivity index (χ0n) is 27.2. The number of anilines is 1. The normalized spacial score (nSPS) is 26.8. The van der Waals surface area contributed by atoms with Crippen LogP contribution in [-0.4, -0.2) is 33.7 Å². The van der Waals surface area contributed by atoms with Crippen molar-refractivity contribution in [3.8, 4) is 28.4 Å². The average Bonchev–Trinajstić information content (AvgIpc) is 3.67. The summed E-state index contributed by atoms with van der Waals surface area (Å²) < 4.78 is 66.6. The van der Waals surface area contributed by atoms with E-state index in [4.69, 9.17) is 18.9 Å². The summed E-state index contributed by atoms with van der Waals surface area (Å²) in [5, 5.41) is 1.55. The fourth-order valence-electron chi connectivity index (χ4n) is 8.84. The third kappa shape index (κ3) is 3.63. The van der Waals surface area contributed by atoms with Crippen LogP contribution in [0.15, 0.2) is 90.7 Å². The summed E-state index contributed by atoms with van der Waals surface area (Å²) in [6, 6.07) is 19.9. The van der Waals surface area contributed by atoms with Gasteiger partial charge < -0.3 is 23.8 Å². The van der Waals surface area contributed by atoms with E-state index < -0.39 is 28.8 Å². The number of allylic oxidation sites excluding steroid dienone is 2. The molecule has 3 aliphatic carbocycles. The van der Waals surface area contributed by atoms with Crippen molar-refractivity contribution in [2.75, 3.05) is 26.2 Å². The first kappa shape index (κ1) is 29.3. The molecule has 5 nitrogen and oxygen atoms in total. The Hall–Kier alpha value is -4.85. The van der Waals surface area contributed by atoms with E-state index in [0.29, 0.717) is 11.4 Å². The van der Waals surface area contributed by atoms with Crippen molar-refractivity contribution in [1.29, 1.82) is 0 Å². The van der Waals surface area contributed by atoms with Gasteiger partial charge in [0.05, 0.1) is 19.9 Å². The minimum atomic E-state index is -4.57. The Bertz CT molecular complexity index is 2150. The quantitative estimate of drug-likeness (QED) is 0.220. The van der Waals surface area contributed by atoms with Gasteiger partial charge in [0.15, 0.2) is 5.60 Å². The van der Waals surface area contributed by atoms with Gasteiger partial charge in [-0.2, -0.15) is 13.2 Å². The SMILES string of the molecule is COC1=CC2CC2(C2(c3ccc(OC)cc3)C=Cc3c4c(c5cc6c(cc5c3O2)OC(C(F)(F)F)N6C)-c2ccccc2C4(C)C)C=C1. The summed E-state index contributed by atoms with van der Waals surface area (Å²) in [6.45, 7) is 4.42. The number of nitrogens with zero attached hydrogens (tertiary/aromatic N) is 1. The molecular formula is C40H34F3NO4. The van der Waals surface area contributed by atoms with E-state index in [1.54, 1.807) is 20.3 Å². The van der Waals surface area contributed by atoms with Gasteiger partial charge in [-0.3, -0.25) is 0 Å². The predicted molar refractivity (Wildman–Crippen MR) is 179 cm³/mol. The largest absolute Gasteiger partial charge is 0.497 e. The molecule has 48 heavy (non-hydrogen) atoms. The molecule has 0 radical (unpaired) electrons. The molecule has 9 rings (SSSR count). The van der Waals surface area contributed by atoms with Crippen LogP contribution in [0.2, 0.25) is 0 Å². The molecule has 4 aromatic carbocycles. The topological polar surface area (TPSA) is 40.2 Å². The molecule has 2 heterocycles. The molecule has 2 aliphatic heterocycles. The Morgan fingerprint density at radius 3 is 2.40 bits per heavy atom. The number of hydrogen-bond donors (Lipinski definition) is 0. The first-order valence-corrected chi connectivity index (χ1v) is 16.2. The predicted octanol–water partition coefficient (Wildman–Crippen LogP) is 9.28. The van der Waals surface area contributed by atoms with Crippen molar-refractivity contribution < 1.29 is 32.1 Å². The standard InChI is InChI=1S/C40H34F3NO4/c1-37(2)30-9-7-6-8-26(30)33-28-19-31-32(47-36(44(31)3)40(41,42)43)20-29(28)35-27(34(33)37)15-17-39(48-35,22-10-12-24(45-4)13-11-22)38-16-14-25(46-5)18-23(38)21-38/h6-20,23,36H,21H2,1-5H3. The second-order valence-electron chi connectivity index (χ2n) is 14.0. The lowest BCUT2D eigenvalue weighted by molar-refractivity contribution is -0.189. The molecule has 244 valence electrons. The molecular weight excluding hydrogens is 615 g/mol. The summed E-state index contributed by atoms with van der Waals surface area (Å²) in [7, 11) is 4.75. The molecule has 0 N–H and O–H groups in total. The van der Waals surface area contributed by atoms with Gasteiger partial charge in [0.1, 0.15) is 23.0 Å². The molecule has 5 aliphatic rings. The number of ether oxygens (including phenoxy) is 4. The van der Waals surface area contributed by atoms with Gasteiger partial charge in [0.25, 0.3) is 6.23 Å². The van der Waals surface area contributed by atoms with Crippen molar-refractivity contribution in [1.82, 2.24) is 0 Å². The molecule has 0 amide bonds. The van der Waals surface area contributed by atoms with E-state index in [2.05, 4.69) is 50.3 Å². The molecule has 0 bridgehead atoms. The second kappa shape index (κ2) is 9.40. The first-order valence-electron chi connectivity index (χ1n) is 16.2. The molecule has 4 atom stereocenters. The van der Waals surface area contributed by atoms with Crippen LogP contribution in [0.1, 0.15) is 42.5 Å². The number of hydrogen-bond acceptors (Lipinski definition) is 5. The van der Waals surface area contributed by atoms with Crippen LogP contribution in [0.5, 0.6) is 17.2 Å². The van der Waals surface area contributed by atoms with Crippen molar-refractivity contribution in [2.45, 2.75) is 43.7 Å². The number of fused-ring (bicyclic) bond motifs is 10. The highest BCUT2D eigenvalue weighted by molar-refractivity contribution is 6.10. The summed E-state index contributed by atoms with van der Waals surface area (Å²) in [6.07, 6.45) is 4.95. The maximum absolute atomic E-state index is 14.1.